The van der Waals surface area contributed by atoms with E-state index in [0.29, 0.717) is 16.5 Å². The average molecular weight is 214 g/mol. The summed E-state index contributed by atoms with van der Waals surface area (Å²) in [4.78, 5) is 15.2. The fourth-order valence-corrected chi connectivity index (χ4v) is 1.87. The zero-order valence-corrected chi connectivity index (χ0v) is 8.48. The molecule has 4 heteroatoms. The molecule has 1 fully saturated rings. The maximum Gasteiger partial charge on any atom is 0.217 e. The third kappa shape index (κ3) is 1.71. The lowest BCUT2D eigenvalue weighted by molar-refractivity contribution is 0.109. The molecule has 2 rings (SSSR count). The second kappa shape index (κ2) is 3.31. The van der Waals surface area contributed by atoms with Crippen molar-refractivity contribution in [3.8, 4) is 0 Å². The van der Waals surface area contributed by atoms with Gasteiger partial charge in [0.25, 0.3) is 0 Å². The third-order valence-electron chi connectivity index (χ3n) is 2.11. The second-order valence-electron chi connectivity index (χ2n) is 3.14. The van der Waals surface area contributed by atoms with Crippen LogP contribution in [0.2, 0.25) is 5.02 Å². The molecule has 0 aliphatic heterocycles. The van der Waals surface area contributed by atoms with E-state index in [4.69, 9.17) is 11.6 Å². The number of aromatic nitrogens is 1. The predicted molar refractivity (Wildman–Crippen MR) is 54.5 cm³/mol. The summed E-state index contributed by atoms with van der Waals surface area (Å²) in [5.74, 6) is 0.458. The van der Waals surface area contributed by atoms with Gasteiger partial charge < -0.3 is 0 Å². The number of halogens is 1. The smallest absolute Gasteiger partial charge is 0.217 e. The van der Waals surface area contributed by atoms with Gasteiger partial charge in [0.15, 0.2) is 0 Å². The number of nitrogens with zero attached hydrogens (tertiary/aromatic N) is 1. The monoisotopic (exact) mass is 213 g/mol. The summed E-state index contributed by atoms with van der Waals surface area (Å²) in [6.45, 7) is 0. The van der Waals surface area contributed by atoms with Crippen LogP contribution >= 0.6 is 24.2 Å². The summed E-state index contributed by atoms with van der Waals surface area (Å²) in [5.41, 5.74) is 1.31. The molecule has 1 aliphatic carbocycles. The number of pyridine rings is 1. The minimum atomic E-state index is -0.297. The lowest BCUT2D eigenvalue weighted by atomic mass is 10.2. The number of hydrogen-bond acceptors (Lipinski definition) is 2. The third-order valence-corrected chi connectivity index (χ3v) is 2.75. The molecule has 0 bridgehead atoms. The van der Waals surface area contributed by atoms with Gasteiger partial charge in [0.1, 0.15) is 0 Å². The van der Waals surface area contributed by atoms with Crippen LogP contribution in [0.25, 0.3) is 0 Å². The first-order valence-electron chi connectivity index (χ1n) is 4.08. The normalized spacial score (nSPS) is 15.8. The van der Waals surface area contributed by atoms with Gasteiger partial charge in [0.2, 0.25) is 5.12 Å². The zero-order chi connectivity index (χ0) is 9.42. The van der Waals surface area contributed by atoms with Crippen molar-refractivity contribution < 1.29 is 4.79 Å². The molecule has 0 amide bonds. The van der Waals surface area contributed by atoms with E-state index in [1.165, 1.54) is 0 Å². The average Bonchev–Trinajstić information content (AvgIpc) is 2.87. The highest BCUT2D eigenvalue weighted by Gasteiger charge is 2.28. The van der Waals surface area contributed by atoms with Crippen molar-refractivity contribution in [3.63, 3.8) is 0 Å². The summed E-state index contributed by atoms with van der Waals surface area (Å²) >= 11 is 9.75. The van der Waals surface area contributed by atoms with E-state index in [9.17, 15) is 4.79 Å². The number of thiol groups is 1. The van der Waals surface area contributed by atoms with Gasteiger partial charge in [-0.1, -0.05) is 11.6 Å². The van der Waals surface area contributed by atoms with Crippen LogP contribution in [0.5, 0.6) is 0 Å². The van der Waals surface area contributed by atoms with Gasteiger partial charge in [-0.15, -0.1) is 12.6 Å². The molecule has 0 unspecified atom stereocenters. The van der Waals surface area contributed by atoms with Crippen LogP contribution in [-0.4, -0.2) is 10.1 Å². The molecule has 0 N–H and O–H groups in total. The maximum absolute atomic E-state index is 11.0. The van der Waals surface area contributed by atoms with Gasteiger partial charge in [-0.25, -0.2) is 0 Å². The van der Waals surface area contributed by atoms with Gasteiger partial charge in [-0.05, 0) is 18.9 Å². The lowest BCUT2D eigenvalue weighted by Crippen LogP contribution is -1.96. The number of carbonyl (C=O) groups is 1. The molecular weight excluding hydrogens is 206 g/mol. The van der Waals surface area contributed by atoms with Crippen molar-refractivity contribution in [3.05, 3.63) is 28.5 Å². The molecule has 1 aliphatic rings. The Hall–Kier alpha value is -0.540. The van der Waals surface area contributed by atoms with Gasteiger partial charge in [0, 0.05) is 12.1 Å². The first kappa shape index (κ1) is 9.03. The molecule has 2 nitrogen and oxygen atoms in total. The molecule has 1 aromatic heterocycles. The van der Waals surface area contributed by atoms with E-state index >= 15 is 0 Å². The minimum Gasteiger partial charge on any atom is -0.282 e. The summed E-state index contributed by atoms with van der Waals surface area (Å²) in [7, 11) is 0. The van der Waals surface area contributed by atoms with Crippen LogP contribution in [0.1, 0.15) is 34.8 Å². The summed E-state index contributed by atoms with van der Waals surface area (Å²) in [6.07, 6.45) is 3.86. The van der Waals surface area contributed by atoms with Crippen LogP contribution < -0.4 is 0 Å². The van der Waals surface area contributed by atoms with Gasteiger partial charge in [-0.3, -0.25) is 9.78 Å². The standard InChI is InChI=1S/C9H8ClNOS/c10-7-6(9(12)13)3-4-11-8(7)5-1-2-5/h3-5H,1-2H2,(H,12,13). The van der Waals surface area contributed by atoms with Crippen molar-refractivity contribution in [1.29, 1.82) is 0 Å². The Kier molecular flexibility index (Phi) is 2.30. The summed E-state index contributed by atoms with van der Waals surface area (Å²) in [6, 6.07) is 1.60. The van der Waals surface area contributed by atoms with Crippen molar-refractivity contribution >= 4 is 29.3 Å². The molecule has 1 saturated carbocycles. The van der Waals surface area contributed by atoms with E-state index < -0.39 is 0 Å². The largest absolute Gasteiger partial charge is 0.282 e. The zero-order valence-electron chi connectivity index (χ0n) is 6.83. The first-order chi connectivity index (χ1) is 6.20. The molecule has 13 heavy (non-hydrogen) atoms. The molecular formula is C9H8ClNOS. The molecule has 1 heterocycles. The van der Waals surface area contributed by atoms with Gasteiger partial charge in [-0.2, -0.15) is 0 Å². The fraction of sp³-hybridized carbons (Fsp3) is 0.333. The van der Waals surface area contributed by atoms with Gasteiger partial charge in [0.05, 0.1) is 16.3 Å². The van der Waals surface area contributed by atoms with Crippen molar-refractivity contribution in [2.24, 2.45) is 0 Å². The quantitative estimate of drug-likeness (QED) is 0.766. The first-order valence-corrected chi connectivity index (χ1v) is 4.90. The Morgan fingerprint density at radius 3 is 2.85 bits per heavy atom. The molecule has 68 valence electrons. The van der Waals surface area contributed by atoms with E-state index in [0.717, 1.165) is 18.5 Å². The summed E-state index contributed by atoms with van der Waals surface area (Å²) < 4.78 is 0. The Labute approximate surface area is 86.7 Å². The Morgan fingerprint density at radius 1 is 1.62 bits per heavy atom. The second-order valence-corrected chi connectivity index (χ2v) is 3.92. The molecule has 0 spiro atoms. The maximum atomic E-state index is 11.0. The van der Waals surface area contributed by atoms with Crippen molar-refractivity contribution in [2.45, 2.75) is 18.8 Å². The van der Waals surface area contributed by atoms with Crippen molar-refractivity contribution in [2.75, 3.05) is 0 Å². The number of hydrogen-bond donors (Lipinski definition) is 1. The predicted octanol–water partition coefficient (Wildman–Crippen LogP) is 2.68. The van der Waals surface area contributed by atoms with E-state index in [-0.39, 0.29) is 5.12 Å². The Morgan fingerprint density at radius 2 is 2.31 bits per heavy atom. The SMILES string of the molecule is O=C(S)c1ccnc(C2CC2)c1Cl. The molecule has 0 aromatic carbocycles. The Bertz CT molecular complexity index is 363. The minimum absolute atomic E-state index is 0.297. The van der Waals surface area contributed by atoms with Crippen LogP contribution in [0.15, 0.2) is 12.3 Å². The Balaban J connectivity index is 2.47. The number of carbonyl (C=O) groups excluding carboxylic acids is 1. The van der Waals surface area contributed by atoms with E-state index in [1.54, 1.807) is 12.3 Å². The molecule has 0 saturated heterocycles. The fourth-order valence-electron chi connectivity index (χ4n) is 1.27. The van der Waals surface area contributed by atoms with Crippen LogP contribution in [0, 0.1) is 0 Å². The molecule has 0 radical (unpaired) electrons. The van der Waals surface area contributed by atoms with E-state index in [1.807, 2.05) is 0 Å². The molecule has 1 aromatic rings. The van der Waals surface area contributed by atoms with Crippen LogP contribution in [0.3, 0.4) is 0 Å². The summed E-state index contributed by atoms with van der Waals surface area (Å²) in [5, 5.41) is 0.180. The lowest BCUT2D eigenvalue weighted by Gasteiger charge is -2.03. The van der Waals surface area contributed by atoms with Gasteiger partial charge >= 0.3 is 0 Å². The highest BCUT2D eigenvalue weighted by Crippen LogP contribution is 2.42. The molecule has 0 atom stereocenters. The highest BCUT2D eigenvalue weighted by atomic mass is 35.5. The van der Waals surface area contributed by atoms with Crippen LogP contribution in [0.4, 0.5) is 0 Å². The van der Waals surface area contributed by atoms with Crippen LogP contribution in [-0.2, 0) is 0 Å². The van der Waals surface area contributed by atoms with E-state index in [2.05, 4.69) is 17.6 Å². The van der Waals surface area contributed by atoms with Crippen molar-refractivity contribution in [1.82, 2.24) is 4.98 Å². The highest BCUT2D eigenvalue weighted by molar-refractivity contribution is 7.97. The topological polar surface area (TPSA) is 30.0 Å². The number of rotatable bonds is 2.